The average molecular weight is 415 g/mol. The van der Waals surface area contributed by atoms with Crippen LogP contribution in [-0.4, -0.2) is 46.7 Å². The van der Waals surface area contributed by atoms with Crippen molar-refractivity contribution in [1.29, 1.82) is 0 Å². The van der Waals surface area contributed by atoms with Gasteiger partial charge in [0.2, 0.25) is 15.8 Å². The highest BCUT2D eigenvalue weighted by molar-refractivity contribution is 7.92. The number of carbonyl (C=O) groups excluding carboxylic acids is 1. The van der Waals surface area contributed by atoms with Gasteiger partial charge in [0.15, 0.2) is 5.78 Å². The van der Waals surface area contributed by atoms with Crippen LogP contribution in [0.4, 0.5) is 10.1 Å². The molecule has 0 saturated carbocycles. The molecule has 2 heterocycles. The van der Waals surface area contributed by atoms with Gasteiger partial charge >= 0.3 is 0 Å². The molecule has 0 N–H and O–H groups in total. The van der Waals surface area contributed by atoms with Crippen molar-refractivity contribution in [2.75, 3.05) is 10.6 Å². The summed E-state index contributed by atoms with van der Waals surface area (Å²) in [6, 6.07) is 10.5. The first-order chi connectivity index (χ1) is 13.7. The number of rotatable bonds is 5. The number of ketones is 1. The minimum atomic E-state index is -3.38. The lowest BCUT2D eigenvalue weighted by atomic mass is 10.0. The summed E-state index contributed by atoms with van der Waals surface area (Å²) < 4.78 is 38.4. The average Bonchev–Trinajstić information content (AvgIpc) is 3.24. The second-order valence-corrected chi connectivity index (χ2v) is 8.89. The molecule has 1 aromatic heterocycles. The predicted molar refractivity (Wildman–Crippen MR) is 104 cm³/mol. The largest absolute Gasteiger partial charge is 0.292 e. The van der Waals surface area contributed by atoms with Crippen LogP contribution < -0.4 is 4.31 Å². The third-order valence-electron chi connectivity index (χ3n) is 4.75. The first kappa shape index (κ1) is 19.2. The molecule has 0 amide bonds. The van der Waals surface area contributed by atoms with Crippen molar-refractivity contribution in [1.82, 2.24) is 20.2 Å². The van der Waals surface area contributed by atoms with Gasteiger partial charge in [-0.05, 0) is 66.6 Å². The van der Waals surface area contributed by atoms with Crippen molar-refractivity contribution in [3.8, 4) is 11.4 Å². The van der Waals surface area contributed by atoms with E-state index in [9.17, 15) is 17.6 Å². The number of hydrogen-bond acceptors (Lipinski definition) is 6. The Balaban J connectivity index is 1.53. The molecular formula is C19H18FN5O3S. The highest BCUT2D eigenvalue weighted by Crippen LogP contribution is 2.34. The van der Waals surface area contributed by atoms with Crippen LogP contribution in [0.15, 0.2) is 42.5 Å². The molecule has 0 spiro atoms. The van der Waals surface area contributed by atoms with Crippen LogP contribution in [0.5, 0.6) is 0 Å². The topological polar surface area (TPSA) is 98.1 Å². The van der Waals surface area contributed by atoms with Crippen molar-refractivity contribution < 1.29 is 17.6 Å². The van der Waals surface area contributed by atoms with E-state index in [4.69, 9.17) is 0 Å². The van der Waals surface area contributed by atoms with E-state index in [1.165, 1.54) is 39.6 Å². The van der Waals surface area contributed by atoms with Crippen molar-refractivity contribution in [2.45, 2.75) is 25.9 Å². The Morgan fingerprint density at radius 1 is 1.21 bits per heavy atom. The molecular weight excluding hydrogens is 397 g/mol. The molecule has 0 saturated heterocycles. The molecule has 8 nitrogen and oxygen atoms in total. The predicted octanol–water partition coefficient (Wildman–Crippen LogP) is 2.07. The Bertz CT molecular complexity index is 1190. The maximum Gasteiger partial charge on any atom is 0.232 e. The summed E-state index contributed by atoms with van der Waals surface area (Å²) in [7, 11) is -3.38. The molecule has 0 unspecified atom stereocenters. The fraction of sp³-hybridized carbons (Fsp3) is 0.263. The number of fused-ring (bicyclic) bond motifs is 1. The Morgan fingerprint density at radius 2 is 1.93 bits per heavy atom. The van der Waals surface area contributed by atoms with E-state index >= 15 is 0 Å². The zero-order valence-electron chi connectivity index (χ0n) is 15.8. The molecule has 0 aliphatic carbocycles. The molecule has 150 valence electrons. The number of benzene rings is 2. The maximum atomic E-state index is 13.0. The maximum absolute atomic E-state index is 13.0. The van der Waals surface area contributed by atoms with Crippen molar-refractivity contribution in [3.05, 3.63) is 59.4 Å². The SMILES string of the molecule is C[C@@H]1Cc2cc(C(=O)Cn3nnc(-c4ccc(F)cc4)n3)ccc2N1S(C)(=O)=O. The molecule has 0 radical (unpaired) electrons. The third kappa shape index (κ3) is 3.75. The lowest BCUT2D eigenvalue weighted by Crippen LogP contribution is -2.34. The molecule has 3 aromatic rings. The monoisotopic (exact) mass is 415 g/mol. The third-order valence-corrected chi connectivity index (χ3v) is 6.02. The fourth-order valence-corrected chi connectivity index (χ4v) is 4.79. The van der Waals surface area contributed by atoms with Gasteiger partial charge in [-0.2, -0.15) is 4.80 Å². The lowest BCUT2D eigenvalue weighted by molar-refractivity contribution is 0.0961. The second-order valence-electron chi connectivity index (χ2n) is 7.03. The number of tetrazole rings is 1. The van der Waals surface area contributed by atoms with Crippen LogP contribution in [0.25, 0.3) is 11.4 Å². The molecule has 4 rings (SSSR count). The van der Waals surface area contributed by atoms with E-state index in [1.807, 2.05) is 6.92 Å². The van der Waals surface area contributed by atoms with Crippen LogP contribution in [0, 0.1) is 5.82 Å². The second kappa shape index (κ2) is 7.03. The van der Waals surface area contributed by atoms with Crippen LogP contribution in [-0.2, 0) is 23.0 Å². The Morgan fingerprint density at radius 3 is 2.62 bits per heavy atom. The molecule has 29 heavy (non-hydrogen) atoms. The Kier molecular flexibility index (Phi) is 4.65. The molecule has 0 fully saturated rings. The van der Waals surface area contributed by atoms with Crippen molar-refractivity contribution >= 4 is 21.5 Å². The number of nitrogens with zero attached hydrogens (tertiary/aromatic N) is 5. The van der Waals surface area contributed by atoms with E-state index in [0.717, 1.165) is 5.56 Å². The zero-order chi connectivity index (χ0) is 20.8. The summed E-state index contributed by atoms with van der Waals surface area (Å²) in [5, 5.41) is 12.0. The number of halogens is 1. The van der Waals surface area contributed by atoms with E-state index in [0.29, 0.717) is 29.1 Å². The van der Waals surface area contributed by atoms with Crippen molar-refractivity contribution in [3.63, 3.8) is 0 Å². The van der Waals surface area contributed by atoms with Gasteiger partial charge in [-0.1, -0.05) is 0 Å². The minimum absolute atomic E-state index is 0.113. The Labute approximate surface area is 167 Å². The van der Waals surface area contributed by atoms with Gasteiger partial charge < -0.3 is 0 Å². The summed E-state index contributed by atoms with van der Waals surface area (Å²) in [6.45, 7) is 1.72. The number of carbonyl (C=O) groups is 1. The molecule has 0 bridgehead atoms. The number of Topliss-reactive ketones (excluding diaryl/α,β-unsaturated/α-hetero) is 1. The van der Waals surface area contributed by atoms with Gasteiger partial charge in [-0.3, -0.25) is 9.10 Å². The van der Waals surface area contributed by atoms with Gasteiger partial charge in [0.05, 0.1) is 11.9 Å². The summed E-state index contributed by atoms with van der Waals surface area (Å²) in [4.78, 5) is 13.8. The first-order valence-electron chi connectivity index (χ1n) is 8.91. The van der Waals surface area contributed by atoms with Gasteiger partial charge in [-0.25, -0.2) is 12.8 Å². The van der Waals surface area contributed by atoms with Gasteiger partial charge in [0, 0.05) is 17.2 Å². The van der Waals surface area contributed by atoms with E-state index < -0.39 is 10.0 Å². The van der Waals surface area contributed by atoms with Crippen molar-refractivity contribution in [2.24, 2.45) is 0 Å². The van der Waals surface area contributed by atoms with E-state index in [1.54, 1.807) is 18.2 Å². The van der Waals surface area contributed by atoms with Gasteiger partial charge in [-0.15, -0.1) is 10.2 Å². The summed E-state index contributed by atoms with van der Waals surface area (Å²) in [6.07, 6.45) is 1.71. The summed E-state index contributed by atoms with van der Waals surface area (Å²) >= 11 is 0. The highest BCUT2D eigenvalue weighted by atomic mass is 32.2. The van der Waals surface area contributed by atoms with Gasteiger partial charge in [0.1, 0.15) is 12.4 Å². The van der Waals surface area contributed by atoms with Crippen LogP contribution in [0.1, 0.15) is 22.8 Å². The normalized spacial score (nSPS) is 16.1. The summed E-state index contributed by atoms with van der Waals surface area (Å²) in [5.41, 5.74) is 2.46. The number of anilines is 1. The van der Waals surface area contributed by atoms with E-state index in [-0.39, 0.29) is 24.2 Å². The van der Waals surface area contributed by atoms with Gasteiger partial charge in [0.25, 0.3) is 0 Å². The van der Waals surface area contributed by atoms with Crippen LogP contribution >= 0.6 is 0 Å². The summed E-state index contributed by atoms with van der Waals surface area (Å²) in [5.74, 6) is -0.289. The fourth-order valence-electron chi connectivity index (χ4n) is 3.53. The highest BCUT2D eigenvalue weighted by Gasteiger charge is 2.32. The molecule has 1 aliphatic rings. The number of aromatic nitrogens is 4. The first-order valence-corrected chi connectivity index (χ1v) is 10.8. The smallest absolute Gasteiger partial charge is 0.232 e. The molecule has 2 aromatic carbocycles. The standard InChI is InChI=1S/C19H18FN5O3S/c1-12-9-15-10-14(5-8-17(15)25(12)29(2,27)28)18(26)11-24-22-19(21-23-24)13-3-6-16(20)7-4-13/h3-8,10,12H,9,11H2,1-2H3/t12-/m1/s1. The zero-order valence-corrected chi connectivity index (χ0v) is 16.6. The quantitative estimate of drug-likeness (QED) is 0.592. The Hall–Kier alpha value is -3.14. The van der Waals surface area contributed by atoms with E-state index in [2.05, 4.69) is 15.4 Å². The van der Waals surface area contributed by atoms with Crippen LogP contribution in [0.2, 0.25) is 0 Å². The molecule has 10 heteroatoms. The molecule has 1 atom stereocenters. The lowest BCUT2D eigenvalue weighted by Gasteiger charge is -2.21. The number of sulfonamides is 1. The number of hydrogen-bond donors (Lipinski definition) is 0. The molecule has 1 aliphatic heterocycles. The minimum Gasteiger partial charge on any atom is -0.292 e. The van der Waals surface area contributed by atoms with Crippen LogP contribution in [0.3, 0.4) is 0 Å².